The van der Waals surface area contributed by atoms with Gasteiger partial charge in [-0.05, 0) is 25.1 Å². The molecule has 0 bridgehead atoms. The van der Waals surface area contributed by atoms with Crippen molar-refractivity contribution in [1.29, 1.82) is 0 Å². The summed E-state index contributed by atoms with van der Waals surface area (Å²) >= 11 is 0. The zero-order valence-corrected chi connectivity index (χ0v) is 12.1. The van der Waals surface area contributed by atoms with Crippen molar-refractivity contribution in [2.24, 2.45) is 0 Å². The van der Waals surface area contributed by atoms with Gasteiger partial charge in [0.2, 0.25) is 0 Å². The summed E-state index contributed by atoms with van der Waals surface area (Å²) in [6, 6.07) is 14.2. The predicted octanol–water partition coefficient (Wildman–Crippen LogP) is 3.48. The lowest BCUT2D eigenvalue weighted by Gasteiger charge is -2.10. The van der Waals surface area contributed by atoms with Gasteiger partial charge in [0.1, 0.15) is 5.65 Å². The van der Waals surface area contributed by atoms with Gasteiger partial charge in [-0.15, -0.1) is 0 Å². The molecule has 0 radical (unpaired) electrons. The Labute approximate surface area is 124 Å². The Hall–Kier alpha value is -2.33. The SMILES string of the molecule is CCOCc1ccccc1NCc1cn2ccccc2n1. The minimum Gasteiger partial charge on any atom is -0.379 e. The van der Waals surface area contributed by atoms with E-state index in [9.17, 15) is 0 Å². The monoisotopic (exact) mass is 281 g/mol. The number of ether oxygens (including phenoxy) is 1. The van der Waals surface area contributed by atoms with Crippen molar-refractivity contribution in [3.05, 3.63) is 66.1 Å². The van der Waals surface area contributed by atoms with E-state index in [0.29, 0.717) is 13.2 Å². The summed E-state index contributed by atoms with van der Waals surface area (Å²) in [5, 5.41) is 3.44. The lowest BCUT2D eigenvalue weighted by molar-refractivity contribution is 0.134. The molecule has 108 valence electrons. The second-order valence-electron chi connectivity index (χ2n) is 4.85. The lowest BCUT2D eigenvalue weighted by Crippen LogP contribution is -2.03. The summed E-state index contributed by atoms with van der Waals surface area (Å²) in [6.07, 6.45) is 4.06. The maximum absolute atomic E-state index is 5.50. The van der Waals surface area contributed by atoms with Crippen LogP contribution in [0.5, 0.6) is 0 Å². The number of hydrogen-bond donors (Lipinski definition) is 1. The van der Waals surface area contributed by atoms with Crippen LogP contribution in [0.2, 0.25) is 0 Å². The van der Waals surface area contributed by atoms with Gasteiger partial charge in [-0.1, -0.05) is 24.3 Å². The van der Waals surface area contributed by atoms with Gasteiger partial charge < -0.3 is 14.5 Å². The summed E-state index contributed by atoms with van der Waals surface area (Å²) in [7, 11) is 0. The van der Waals surface area contributed by atoms with Gasteiger partial charge in [0.25, 0.3) is 0 Å². The molecule has 0 aliphatic carbocycles. The van der Waals surface area contributed by atoms with Gasteiger partial charge in [0.05, 0.1) is 18.8 Å². The van der Waals surface area contributed by atoms with Crippen molar-refractivity contribution in [2.45, 2.75) is 20.1 Å². The average Bonchev–Trinajstić information content (AvgIpc) is 2.94. The highest BCUT2D eigenvalue weighted by molar-refractivity contribution is 5.51. The first kappa shape index (κ1) is 13.6. The predicted molar refractivity (Wildman–Crippen MR) is 84.3 cm³/mol. The highest BCUT2D eigenvalue weighted by atomic mass is 16.5. The van der Waals surface area contributed by atoms with Crippen molar-refractivity contribution in [3.63, 3.8) is 0 Å². The summed E-state index contributed by atoms with van der Waals surface area (Å²) in [6.45, 7) is 4.06. The Balaban J connectivity index is 1.72. The van der Waals surface area contributed by atoms with Crippen LogP contribution in [0.15, 0.2) is 54.9 Å². The Bertz CT molecular complexity index is 688. The summed E-state index contributed by atoms with van der Waals surface area (Å²) in [4.78, 5) is 4.59. The normalized spacial score (nSPS) is 10.9. The molecular weight excluding hydrogens is 262 g/mol. The Morgan fingerprint density at radius 2 is 2.00 bits per heavy atom. The van der Waals surface area contributed by atoms with Crippen molar-refractivity contribution < 1.29 is 4.74 Å². The number of benzene rings is 1. The quantitative estimate of drug-likeness (QED) is 0.751. The third-order valence-corrected chi connectivity index (χ3v) is 3.35. The Kier molecular flexibility index (Phi) is 4.17. The first-order valence-corrected chi connectivity index (χ1v) is 7.19. The maximum atomic E-state index is 5.50. The summed E-state index contributed by atoms with van der Waals surface area (Å²) < 4.78 is 7.53. The van der Waals surface area contributed by atoms with Crippen molar-refractivity contribution in [3.8, 4) is 0 Å². The number of anilines is 1. The van der Waals surface area contributed by atoms with Crippen LogP contribution in [0.1, 0.15) is 18.2 Å². The number of rotatable bonds is 6. The highest BCUT2D eigenvalue weighted by Gasteiger charge is 2.04. The van der Waals surface area contributed by atoms with Crippen LogP contribution in [0.4, 0.5) is 5.69 Å². The Morgan fingerprint density at radius 1 is 1.14 bits per heavy atom. The highest BCUT2D eigenvalue weighted by Crippen LogP contribution is 2.17. The molecule has 3 rings (SSSR count). The molecule has 0 spiro atoms. The van der Waals surface area contributed by atoms with E-state index < -0.39 is 0 Å². The third-order valence-electron chi connectivity index (χ3n) is 3.35. The number of nitrogens with zero attached hydrogens (tertiary/aromatic N) is 2. The number of aromatic nitrogens is 2. The molecule has 0 aliphatic heterocycles. The molecule has 0 fully saturated rings. The maximum Gasteiger partial charge on any atom is 0.137 e. The first-order valence-electron chi connectivity index (χ1n) is 7.19. The van der Waals surface area contributed by atoms with Crippen LogP contribution in [-0.4, -0.2) is 16.0 Å². The molecule has 0 unspecified atom stereocenters. The van der Waals surface area contributed by atoms with E-state index in [0.717, 1.165) is 23.6 Å². The molecule has 2 aromatic heterocycles. The smallest absolute Gasteiger partial charge is 0.137 e. The van der Waals surface area contributed by atoms with Gasteiger partial charge in [-0.2, -0.15) is 0 Å². The number of para-hydroxylation sites is 1. The second kappa shape index (κ2) is 6.41. The van der Waals surface area contributed by atoms with E-state index in [2.05, 4.69) is 22.4 Å². The van der Waals surface area contributed by atoms with Crippen LogP contribution in [-0.2, 0) is 17.9 Å². The number of fused-ring (bicyclic) bond motifs is 1. The van der Waals surface area contributed by atoms with E-state index in [1.807, 2.05) is 54.0 Å². The molecule has 4 nitrogen and oxygen atoms in total. The molecule has 2 heterocycles. The number of hydrogen-bond acceptors (Lipinski definition) is 3. The molecule has 0 saturated heterocycles. The molecule has 0 aliphatic rings. The summed E-state index contributed by atoms with van der Waals surface area (Å²) in [5.74, 6) is 0. The molecule has 0 saturated carbocycles. The number of pyridine rings is 1. The van der Waals surface area contributed by atoms with Gasteiger partial charge in [0.15, 0.2) is 0 Å². The molecule has 0 atom stereocenters. The van der Waals surface area contributed by atoms with E-state index >= 15 is 0 Å². The zero-order chi connectivity index (χ0) is 14.5. The number of nitrogens with one attached hydrogen (secondary N) is 1. The van der Waals surface area contributed by atoms with Crippen LogP contribution in [0.3, 0.4) is 0 Å². The molecule has 3 aromatic rings. The van der Waals surface area contributed by atoms with E-state index in [1.54, 1.807) is 0 Å². The average molecular weight is 281 g/mol. The fraction of sp³-hybridized carbons (Fsp3) is 0.235. The molecule has 21 heavy (non-hydrogen) atoms. The van der Waals surface area contributed by atoms with Crippen molar-refractivity contribution in [1.82, 2.24) is 9.38 Å². The fourth-order valence-electron chi connectivity index (χ4n) is 2.29. The minimum absolute atomic E-state index is 0.630. The summed E-state index contributed by atoms with van der Waals surface area (Å²) in [5.41, 5.74) is 4.26. The van der Waals surface area contributed by atoms with Gasteiger partial charge in [0, 0.05) is 30.3 Å². The molecule has 1 N–H and O–H groups in total. The van der Waals surface area contributed by atoms with Crippen LogP contribution in [0, 0.1) is 0 Å². The van der Waals surface area contributed by atoms with Crippen molar-refractivity contribution in [2.75, 3.05) is 11.9 Å². The van der Waals surface area contributed by atoms with Gasteiger partial charge in [-0.3, -0.25) is 0 Å². The van der Waals surface area contributed by atoms with E-state index in [-0.39, 0.29) is 0 Å². The number of imidazole rings is 1. The fourth-order valence-corrected chi connectivity index (χ4v) is 2.29. The van der Waals surface area contributed by atoms with Gasteiger partial charge >= 0.3 is 0 Å². The van der Waals surface area contributed by atoms with E-state index in [4.69, 9.17) is 4.74 Å². The molecule has 0 amide bonds. The van der Waals surface area contributed by atoms with E-state index in [1.165, 1.54) is 5.56 Å². The zero-order valence-electron chi connectivity index (χ0n) is 12.1. The third kappa shape index (κ3) is 3.23. The lowest BCUT2D eigenvalue weighted by atomic mass is 10.2. The van der Waals surface area contributed by atoms with Crippen LogP contribution in [0.25, 0.3) is 5.65 Å². The Morgan fingerprint density at radius 3 is 2.86 bits per heavy atom. The molecule has 1 aromatic carbocycles. The topological polar surface area (TPSA) is 38.6 Å². The van der Waals surface area contributed by atoms with Gasteiger partial charge in [-0.25, -0.2) is 4.98 Å². The van der Waals surface area contributed by atoms with Crippen LogP contribution >= 0.6 is 0 Å². The second-order valence-corrected chi connectivity index (χ2v) is 4.85. The standard InChI is InChI=1S/C17H19N3O/c1-2-21-13-14-7-3-4-8-16(14)18-11-15-12-20-10-6-5-9-17(20)19-15/h3-10,12,18H,2,11,13H2,1H3. The molecule has 4 heteroatoms. The molecular formula is C17H19N3O. The first-order chi connectivity index (χ1) is 10.4. The van der Waals surface area contributed by atoms with Crippen LogP contribution < -0.4 is 5.32 Å². The van der Waals surface area contributed by atoms with Crippen molar-refractivity contribution >= 4 is 11.3 Å². The largest absolute Gasteiger partial charge is 0.379 e. The minimum atomic E-state index is 0.630.